The van der Waals surface area contributed by atoms with E-state index >= 15 is 0 Å². The van der Waals surface area contributed by atoms with Crippen LogP contribution in [0.4, 0.5) is 10.5 Å². The average molecular weight is 488 g/mol. The van der Waals surface area contributed by atoms with Gasteiger partial charge in [0, 0.05) is 20.0 Å². The van der Waals surface area contributed by atoms with Crippen molar-refractivity contribution in [3.8, 4) is 0 Å². The van der Waals surface area contributed by atoms with Gasteiger partial charge in [-0.05, 0) is 61.4 Å². The molecule has 6 nitrogen and oxygen atoms in total. The van der Waals surface area contributed by atoms with Gasteiger partial charge in [-0.25, -0.2) is 4.79 Å². The molecule has 30 heavy (non-hydrogen) atoms. The summed E-state index contributed by atoms with van der Waals surface area (Å²) in [7, 11) is 0. The lowest BCUT2D eigenvalue weighted by Gasteiger charge is -2.30. The molecule has 156 valence electrons. The lowest BCUT2D eigenvalue weighted by atomic mass is 9.82. The van der Waals surface area contributed by atoms with Crippen molar-refractivity contribution in [2.45, 2.75) is 47.4 Å². The molecule has 0 atom stereocenters. The smallest absolute Gasteiger partial charge is 0.325 e. The number of benzene rings is 2. The molecule has 0 unspecified atom stereocenters. The quantitative estimate of drug-likeness (QED) is 0.594. The van der Waals surface area contributed by atoms with Gasteiger partial charge < -0.3 is 10.6 Å². The van der Waals surface area contributed by atoms with E-state index in [1.807, 2.05) is 48.5 Å². The summed E-state index contributed by atoms with van der Waals surface area (Å²) in [5.41, 5.74) is -0.179. The fraction of sp³-hybridized carbons (Fsp3) is 0.318. The highest BCUT2D eigenvalue weighted by molar-refractivity contribution is 9.10. The Kier molecular flexibility index (Phi) is 6.15. The van der Waals surface area contributed by atoms with Crippen molar-refractivity contribution in [1.82, 2.24) is 10.2 Å². The number of carbonyl (C=O) groups is 3. The number of urea groups is 1. The minimum atomic E-state index is -0.804. The molecule has 1 heterocycles. The fourth-order valence-corrected chi connectivity index (χ4v) is 4.98. The number of rotatable bonds is 5. The number of amides is 4. The molecule has 8 heteroatoms. The molecule has 1 saturated carbocycles. The second-order valence-electron chi connectivity index (χ2n) is 7.59. The van der Waals surface area contributed by atoms with E-state index in [0.29, 0.717) is 18.5 Å². The van der Waals surface area contributed by atoms with Crippen LogP contribution in [0.3, 0.4) is 0 Å². The highest BCUT2D eigenvalue weighted by Gasteiger charge is 2.51. The Bertz CT molecular complexity index is 957. The van der Waals surface area contributed by atoms with Gasteiger partial charge in [0.25, 0.3) is 5.91 Å². The van der Waals surface area contributed by atoms with Crippen LogP contribution in [-0.4, -0.2) is 34.8 Å². The van der Waals surface area contributed by atoms with Crippen molar-refractivity contribution in [2.24, 2.45) is 0 Å². The molecule has 1 saturated heterocycles. The maximum Gasteiger partial charge on any atom is 0.325 e. The molecule has 0 aromatic heterocycles. The van der Waals surface area contributed by atoms with Crippen LogP contribution in [-0.2, 0) is 9.59 Å². The number of nitrogens with one attached hydrogen (secondary N) is 2. The predicted molar refractivity (Wildman–Crippen MR) is 119 cm³/mol. The SMILES string of the molecule is O=C(CN1C(=O)NC2(CCCCC2)C1=O)Nc1ccc(Sc2ccc(Br)cc2)cc1. The normalized spacial score (nSPS) is 17.8. The van der Waals surface area contributed by atoms with Crippen molar-refractivity contribution in [1.29, 1.82) is 0 Å². The van der Waals surface area contributed by atoms with Gasteiger partial charge in [-0.1, -0.05) is 47.0 Å². The Hall–Kier alpha value is -2.32. The molecule has 2 fully saturated rings. The number of carbonyl (C=O) groups excluding carboxylic acids is 3. The molecule has 0 bridgehead atoms. The van der Waals surface area contributed by atoms with Crippen LogP contribution >= 0.6 is 27.7 Å². The van der Waals surface area contributed by atoms with E-state index in [-0.39, 0.29) is 18.4 Å². The summed E-state index contributed by atoms with van der Waals surface area (Å²) >= 11 is 5.05. The number of anilines is 1. The van der Waals surface area contributed by atoms with Gasteiger partial charge in [0.05, 0.1) is 0 Å². The first-order valence-corrected chi connectivity index (χ1v) is 11.5. The second kappa shape index (κ2) is 8.81. The summed E-state index contributed by atoms with van der Waals surface area (Å²) in [4.78, 5) is 40.7. The van der Waals surface area contributed by atoms with Gasteiger partial charge in [-0.15, -0.1) is 0 Å². The molecular formula is C22H22BrN3O3S. The van der Waals surface area contributed by atoms with Gasteiger partial charge in [-0.3, -0.25) is 14.5 Å². The standard InChI is InChI=1S/C22H22BrN3O3S/c23-15-4-8-17(9-5-15)30-18-10-6-16(7-11-18)24-19(27)14-26-20(28)22(25-21(26)29)12-2-1-3-13-22/h4-11H,1-3,12-14H2,(H,24,27)(H,25,29). The van der Waals surface area contributed by atoms with Crippen LogP contribution in [0.5, 0.6) is 0 Å². The average Bonchev–Trinajstić information content (AvgIpc) is 2.95. The van der Waals surface area contributed by atoms with Gasteiger partial charge in [0.2, 0.25) is 5.91 Å². The maximum atomic E-state index is 12.8. The van der Waals surface area contributed by atoms with E-state index in [1.54, 1.807) is 11.8 Å². The van der Waals surface area contributed by atoms with Crippen molar-refractivity contribution in [3.05, 3.63) is 53.0 Å². The number of hydrogen-bond donors (Lipinski definition) is 2. The van der Waals surface area contributed by atoms with E-state index in [2.05, 4.69) is 26.6 Å². The number of imide groups is 1. The summed E-state index contributed by atoms with van der Waals surface area (Å²) in [5.74, 6) is -0.664. The number of hydrogen-bond acceptors (Lipinski definition) is 4. The second-order valence-corrected chi connectivity index (χ2v) is 9.66. The topological polar surface area (TPSA) is 78.5 Å². The van der Waals surface area contributed by atoms with E-state index in [1.165, 1.54) is 0 Å². The molecule has 1 aliphatic carbocycles. The zero-order valence-electron chi connectivity index (χ0n) is 16.3. The zero-order valence-corrected chi connectivity index (χ0v) is 18.7. The van der Waals surface area contributed by atoms with Crippen molar-refractivity contribution >= 4 is 51.2 Å². The molecule has 2 aromatic rings. The van der Waals surface area contributed by atoms with Crippen LogP contribution in [0, 0.1) is 0 Å². The first kappa shape index (κ1) is 20.9. The predicted octanol–water partition coefficient (Wildman–Crippen LogP) is 4.79. The molecule has 2 aliphatic rings. The lowest BCUT2D eigenvalue weighted by molar-refractivity contribution is -0.134. The molecule has 2 N–H and O–H groups in total. The highest BCUT2D eigenvalue weighted by atomic mass is 79.9. The van der Waals surface area contributed by atoms with Crippen molar-refractivity contribution in [2.75, 3.05) is 11.9 Å². The summed E-state index contributed by atoms with van der Waals surface area (Å²) in [6.45, 7) is -0.276. The molecule has 2 aromatic carbocycles. The zero-order chi connectivity index (χ0) is 21.1. The molecule has 0 radical (unpaired) electrons. The van der Waals surface area contributed by atoms with Crippen molar-refractivity contribution < 1.29 is 14.4 Å². The van der Waals surface area contributed by atoms with E-state index in [9.17, 15) is 14.4 Å². The van der Waals surface area contributed by atoms with Crippen LogP contribution in [0.15, 0.2) is 62.8 Å². The van der Waals surface area contributed by atoms with E-state index < -0.39 is 11.6 Å². The summed E-state index contributed by atoms with van der Waals surface area (Å²) in [6.07, 6.45) is 4.19. The van der Waals surface area contributed by atoms with Crippen LogP contribution < -0.4 is 10.6 Å². The van der Waals surface area contributed by atoms with Gasteiger partial charge in [0.1, 0.15) is 12.1 Å². The largest absolute Gasteiger partial charge is 0.325 e. The van der Waals surface area contributed by atoms with Gasteiger partial charge in [0.15, 0.2) is 0 Å². The van der Waals surface area contributed by atoms with E-state index in [0.717, 1.165) is 38.4 Å². The summed E-state index contributed by atoms with van der Waals surface area (Å²) in [6, 6.07) is 15.0. The van der Waals surface area contributed by atoms with E-state index in [4.69, 9.17) is 0 Å². The molecule has 4 rings (SSSR count). The number of halogens is 1. The minimum Gasteiger partial charge on any atom is -0.325 e. The molecule has 1 aliphatic heterocycles. The summed E-state index contributed by atoms with van der Waals surface area (Å²) in [5, 5.41) is 5.60. The third-order valence-electron chi connectivity index (χ3n) is 5.44. The Balaban J connectivity index is 1.34. The Labute approximate surface area is 187 Å². The van der Waals surface area contributed by atoms with Gasteiger partial charge >= 0.3 is 6.03 Å². The minimum absolute atomic E-state index is 0.274. The molecule has 1 spiro atoms. The van der Waals surface area contributed by atoms with Crippen LogP contribution in [0.25, 0.3) is 0 Å². The lowest BCUT2D eigenvalue weighted by Crippen LogP contribution is -2.48. The third kappa shape index (κ3) is 4.54. The first-order chi connectivity index (χ1) is 14.4. The highest BCUT2D eigenvalue weighted by Crippen LogP contribution is 2.33. The monoisotopic (exact) mass is 487 g/mol. The Morgan fingerprint density at radius 2 is 1.60 bits per heavy atom. The van der Waals surface area contributed by atoms with Gasteiger partial charge in [-0.2, -0.15) is 0 Å². The first-order valence-electron chi connectivity index (χ1n) is 9.93. The summed E-state index contributed by atoms with van der Waals surface area (Å²) < 4.78 is 1.03. The molecule has 4 amide bonds. The van der Waals surface area contributed by atoms with Crippen LogP contribution in [0.2, 0.25) is 0 Å². The fourth-order valence-electron chi connectivity index (χ4n) is 3.90. The Morgan fingerprint density at radius 1 is 1.00 bits per heavy atom. The Morgan fingerprint density at radius 3 is 2.23 bits per heavy atom. The van der Waals surface area contributed by atoms with Crippen molar-refractivity contribution in [3.63, 3.8) is 0 Å². The number of nitrogens with zero attached hydrogens (tertiary/aromatic N) is 1. The third-order valence-corrected chi connectivity index (χ3v) is 6.99. The van der Waals surface area contributed by atoms with Crippen LogP contribution in [0.1, 0.15) is 32.1 Å². The maximum absolute atomic E-state index is 12.8. The molecular weight excluding hydrogens is 466 g/mol.